The van der Waals surface area contributed by atoms with Crippen molar-refractivity contribution < 1.29 is 4.79 Å². The number of aldehydes is 1. The summed E-state index contributed by atoms with van der Waals surface area (Å²) in [7, 11) is 0. The van der Waals surface area contributed by atoms with Gasteiger partial charge in [0.1, 0.15) is 0 Å². The van der Waals surface area contributed by atoms with Gasteiger partial charge in [0.05, 0.1) is 17.0 Å². The van der Waals surface area contributed by atoms with E-state index in [1.807, 2.05) is 35.9 Å². The summed E-state index contributed by atoms with van der Waals surface area (Å²) in [4.78, 5) is 11.6. The van der Waals surface area contributed by atoms with Crippen molar-refractivity contribution in [3.8, 4) is 22.5 Å². The Balaban J connectivity index is 1.63. The van der Waals surface area contributed by atoms with Crippen LogP contribution in [0, 0.1) is 6.92 Å². The summed E-state index contributed by atoms with van der Waals surface area (Å²) in [6.07, 6.45) is 3.72. The van der Waals surface area contributed by atoms with E-state index in [4.69, 9.17) is 0 Å². The highest BCUT2D eigenvalue weighted by molar-refractivity contribution is 5.80. The lowest BCUT2D eigenvalue weighted by Crippen LogP contribution is -2.07. The Morgan fingerprint density at radius 2 is 1.83 bits per heavy atom. The van der Waals surface area contributed by atoms with E-state index in [0.29, 0.717) is 17.8 Å². The molecule has 7 heteroatoms. The lowest BCUT2D eigenvalue weighted by Gasteiger charge is -2.10. The maximum absolute atomic E-state index is 11.6. The van der Waals surface area contributed by atoms with E-state index in [0.717, 1.165) is 59.3 Å². The third kappa shape index (κ3) is 3.91. The fourth-order valence-electron chi connectivity index (χ4n) is 3.68. The average molecular weight is 400 g/mol. The van der Waals surface area contributed by atoms with Crippen LogP contribution in [-0.2, 0) is 13.0 Å². The molecule has 0 saturated carbocycles. The second-order valence-corrected chi connectivity index (χ2v) is 7.30. The van der Waals surface area contributed by atoms with Crippen LogP contribution in [-0.4, -0.2) is 36.7 Å². The zero-order chi connectivity index (χ0) is 20.9. The molecule has 0 aliphatic heterocycles. The highest BCUT2D eigenvalue weighted by atomic mass is 16.1. The first-order valence-corrected chi connectivity index (χ1v) is 10.1. The molecule has 0 bridgehead atoms. The number of nitrogens with one attached hydrogen (secondary N) is 1. The third-order valence-corrected chi connectivity index (χ3v) is 5.27. The minimum atomic E-state index is 0.570. The number of aromatic amines is 1. The maximum atomic E-state index is 11.6. The summed E-state index contributed by atoms with van der Waals surface area (Å²) in [5.41, 5.74) is 6.66. The Morgan fingerprint density at radius 3 is 2.50 bits per heavy atom. The second kappa shape index (κ2) is 8.82. The van der Waals surface area contributed by atoms with Crippen molar-refractivity contribution in [1.29, 1.82) is 0 Å². The van der Waals surface area contributed by atoms with E-state index in [-0.39, 0.29) is 0 Å². The molecule has 2 aromatic carbocycles. The van der Waals surface area contributed by atoms with Gasteiger partial charge in [-0.1, -0.05) is 61.9 Å². The molecular formula is C23H24N6O. The van der Waals surface area contributed by atoms with Gasteiger partial charge in [-0.2, -0.15) is 10.3 Å². The average Bonchev–Trinajstić information content (AvgIpc) is 3.41. The standard InChI is InChI=1S/C23H24N6O/c1-3-4-13-29-22(21(15-30)16(2)26-29)14-17-9-11-18(12-10-17)19-7-5-6-8-20(19)23-24-27-28-25-23/h5-12,15H,3-4,13-14H2,1-2H3,(H,24,25,27,28). The van der Waals surface area contributed by atoms with Crippen LogP contribution in [0.25, 0.3) is 22.5 Å². The van der Waals surface area contributed by atoms with Crippen molar-refractivity contribution >= 4 is 6.29 Å². The number of carbonyl (C=O) groups is 1. The van der Waals surface area contributed by atoms with Crippen LogP contribution in [0.3, 0.4) is 0 Å². The molecule has 152 valence electrons. The number of benzene rings is 2. The number of hydrogen-bond donors (Lipinski definition) is 1. The van der Waals surface area contributed by atoms with Crippen molar-refractivity contribution in [1.82, 2.24) is 30.4 Å². The van der Waals surface area contributed by atoms with Gasteiger partial charge in [-0.15, -0.1) is 10.2 Å². The number of unbranched alkanes of at least 4 members (excludes halogenated alkanes) is 1. The van der Waals surface area contributed by atoms with Crippen molar-refractivity contribution in [3.05, 3.63) is 71.0 Å². The summed E-state index contributed by atoms with van der Waals surface area (Å²) in [5, 5.41) is 19.0. The molecule has 4 aromatic rings. The van der Waals surface area contributed by atoms with Gasteiger partial charge >= 0.3 is 0 Å². The zero-order valence-electron chi connectivity index (χ0n) is 17.2. The molecule has 2 heterocycles. The molecular weight excluding hydrogens is 376 g/mol. The number of tetrazole rings is 1. The van der Waals surface area contributed by atoms with E-state index < -0.39 is 0 Å². The largest absolute Gasteiger partial charge is 0.298 e. The zero-order valence-corrected chi connectivity index (χ0v) is 17.2. The van der Waals surface area contributed by atoms with Crippen LogP contribution in [0.15, 0.2) is 48.5 Å². The predicted octanol–water partition coefficient (Wildman–Crippen LogP) is 4.24. The summed E-state index contributed by atoms with van der Waals surface area (Å²) in [5.74, 6) is 0.570. The Labute approximate surface area is 175 Å². The minimum Gasteiger partial charge on any atom is -0.298 e. The molecule has 2 aromatic heterocycles. The smallest absolute Gasteiger partial charge is 0.205 e. The second-order valence-electron chi connectivity index (χ2n) is 7.30. The number of nitrogens with zero attached hydrogens (tertiary/aromatic N) is 5. The molecule has 0 fully saturated rings. The molecule has 4 rings (SSSR count). The minimum absolute atomic E-state index is 0.570. The molecule has 1 N–H and O–H groups in total. The Hall–Kier alpha value is -3.61. The molecule has 0 saturated heterocycles. The lowest BCUT2D eigenvalue weighted by atomic mass is 9.97. The summed E-state index contributed by atoms with van der Waals surface area (Å²) in [6.45, 7) is 4.88. The Kier molecular flexibility index (Phi) is 5.79. The Bertz CT molecular complexity index is 1130. The molecule has 7 nitrogen and oxygen atoms in total. The fraction of sp³-hybridized carbons (Fsp3) is 0.261. The molecule has 0 aliphatic rings. The number of aryl methyl sites for hydroxylation is 2. The first-order valence-electron chi connectivity index (χ1n) is 10.1. The number of aromatic nitrogens is 6. The van der Waals surface area contributed by atoms with Crippen LogP contribution in [0.2, 0.25) is 0 Å². The first-order chi connectivity index (χ1) is 14.7. The number of hydrogen-bond acceptors (Lipinski definition) is 5. The SMILES string of the molecule is CCCCn1nc(C)c(C=O)c1Cc1ccc(-c2ccccc2-c2nn[nH]n2)cc1. The summed E-state index contributed by atoms with van der Waals surface area (Å²) >= 11 is 0. The van der Waals surface area contributed by atoms with Crippen LogP contribution in [0.5, 0.6) is 0 Å². The van der Waals surface area contributed by atoms with Crippen LogP contribution in [0.1, 0.15) is 47.1 Å². The number of H-pyrrole nitrogens is 1. The quantitative estimate of drug-likeness (QED) is 0.447. The van der Waals surface area contributed by atoms with E-state index in [1.54, 1.807) is 0 Å². The summed E-state index contributed by atoms with van der Waals surface area (Å²) < 4.78 is 1.99. The summed E-state index contributed by atoms with van der Waals surface area (Å²) in [6, 6.07) is 16.4. The normalized spacial score (nSPS) is 11.0. The van der Waals surface area contributed by atoms with Crippen molar-refractivity contribution in [2.45, 2.75) is 39.7 Å². The molecule has 0 aliphatic carbocycles. The van der Waals surface area contributed by atoms with E-state index >= 15 is 0 Å². The molecule has 0 spiro atoms. The molecule has 0 atom stereocenters. The highest BCUT2D eigenvalue weighted by Crippen LogP contribution is 2.30. The lowest BCUT2D eigenvalue weighted by molar-refractivity contribution is 0.112. The van der Waals surface area contributed by atoms with Gasteiger partial charge in [-0.3, -0.25) is 9.48 Å². The number of rotatable bonds is 8. The van der Waals surface area contributed by atoms with Gasteiger partial charge in [0, 0.05) is 18.5 Å². The number of carbonyl (C=O) groups excluding carboxylic acids is 1. The van der Waals surface area contributed by atoms with Gasteiger partial charge < -0.3 is 0 Å². The highest BCUT2D eigenvalue weighted by Gasteiger charge is 2.15. The molecule has 30 heavy (non-hydrogen) atoms. The van der Waals surface area contributed by atoms with Crippen molar-refractivity contribution in [2.75, 3.05) is 0 Å². The molecule has 0 radical (unpaired) electrons. The van der Waals surface area contributed by atoms with E-state index in [9.17, 15) is 4.79 Å². The monoisotopic (exact) mass is 400 g/mol. The predicted molar refractivity (Wildman–Crippen MR) is 115 cm³/mol. The Morgan fingerprint density at radius 1 is 1.07 bits per heavy atom. The topological polar surface area (TPSA) is 89.4 Å². The van der Waals surface area contributed by atoms with Crippen LogP contribution in [0.4, 0.5) is 0 Å². The fourth-order valence-corrected chi connectivity index (χ4v) is 3.68. The van der Waals surface area contributed by atoms with Gasteiger partial charge in [-0.25, -0.2) is 0 Å². The maximum Gasteiger partial charge on any atom is 0.205 e. The van der Waals surface area contributed by atoms with Crippen molar-refractivity contribution in [3.63, 3.8) is 0 Å². The molecule has 0 unspecified atom stereocenters. The van der Waals surface area contributed by atoms with Crippen LogP contribution < -0.4 is 0 Å². The van der Waals surface area contributed by atoms with Gasteiger partial charge in [0.2, 0.25) is 5.82 Å². The third-order valence-electron chi connectivity index (χ3n) is 5.27. The van der Waals surface area contributed by atoms with Gasteiger partial charge in [0.15, 0.2) is 6.29 Å². The van der Waals surface area contributed by atoms with Gasteiger partial charge in [-0.05, 0) is 35.2 Å². The van der Waals surface area contributed by atoms with Crippen molar-refractivity contribution in [2.24, 2.45) is 0 Å². The van der Waals surface area contributed by atoms with Crippen LogP contribution >= 0.6 is 0 Å². The molecule has 0 amide bonds. The van der Waals surface area contributed by atoms with Gasteiger partial charge in [0.25, 0.3) is 0 Å². The van der Waals surface area contributed by atoms with E-state index in [1.165, 1.54) is 0 Å². The first kappa shape index (κ1) is 19.7. The van der Waals surface area contributed by atoms with E-state index in [2.05, 4.69) is 56.9 Å².